The summed E-state index contributed by atoms with van der Waals surface area (Å²) in [6, 6.07) is 8.67. The van der Waals surface area contributed by atoms with Gasteiger partial charge in [-0.25, -0.2) is 24.4 Å². The Labute approximate surface area is 272 Å². The first-order chi connectivity index (χ1) is 21.5. The molecule has 16 heteroatoms. The number of esters is 2. The molecule has 15 nitrogen and oxygen atoms in total. The van der Waals surface area contributed by atoms with Crippen molar-refractivity contribution in [3.05, 3.63) is 59.2 Å². The number of methoxy groups -OCH3 is 2. The van der Waals surface area contributed by atoms with Crippen molar-refractivity contribution >= 4 is 17.9 Å². The van der Waals surface area contributed by atoms with Gasteiger partial charge in [0.15, 0.2) is 6.04 Å². The molecule has 3 rings (SSSR count). The molecule has 0 aliphatic carbocycles. The van der Waals surface area contributed by atoms with E-state index in [1.165, 1.54) is 20.3 Å². The number of pyridine rings is 2. The molecule has 0 saturated carbocycles. The molecule has 2 aromatic heterocycles. The van der Waals surface area contributed by atoms with E-state index in [0.717, 1.165) is 5.69 Å². The molecule has 1 atom stereocenters. The van der Waals surface area contributed by atoms with Gasteiger partial charge in [0.25, 0.3) is 0 Å². The second-order valence-corrected chi connectivity index (χ2v) is 9.52. The summed E-state index contributed by atoms with van der Waals surface area (Å²) in [5, 5.41) is 9.24. The minimum Gasteiger partial charge on any atom is -0.464 e. The van der Waals surface area contributed by atoms with Gasteiger partial charge in [0, 0.05) is 49.8 Å². The minimum absolute atomic E-state index is 0. The summed E-state index contributed by atoms with van der Waals surface area (Å²) >= 11 is 0. The van der Waals surface area contributed by atoms with Gasteiger partial charge >= 0.3 is 17.9 Å². The summed E-state index contributed by atoms with van der Waals surface area (Å²) < 4.78 is 32.6. The first kappa shape index (κ1) is 38.1. The molecule has 1 aliphatic rings. The van der Waals surface area contributed by atoms with Gasteiger partial charge in [-0.3, -0.25) is 14.7 Å². The third kappa shape index (κ3) is 13.1. The molecule has 45 heavy (non-hydrogen) atoms. The number of hydrogen-bond acceptors (Lipinski definition) is 15. The van der Waals surface area contributed by atoms with E-state index in [9.17, 15) is 19.6 Å². The van der Waals surface area contributed by atoms with Gasteiger partial charge in [-0.05, 0) is 24.3 Å². The van der Waals surface area contributed by atoms with Gasteiger partial charge in [-0.2, -0.15) is 5.26 Å². The van der Waals surface area contributed by atoms with Crippen LogP contribution in [0.5, 0.6) is 0 Å². The maximum absolute atomic E-state index is 12.7. The van der Waals surface area contributed by atoms with E-state index < -0.39 is 23.9 Å². The van der Waals surface area contributed by atoms with Crippen molar-refractivity contribution in [1.29, 1.82) is 0 Å². The van der Waals surface area contributed by atoms with Crippen LogP contribution in [0, 0.1) is 0 Å². The molecule has 0 amide bonds. The maximum atomic E-state index is 12.7. The summed E-state index contributed by atoms with van der Waals surface area (Å²) in [5.74, 6) is -2.12. The number of hydrogen-bond donors (Lipinski definition) is 1. The molecule has 1 unspecified atom stereocenters. The van der Waals surface area contributed by atoms with Crippen LogP contribution in [0.2, 0.25) is 0 Å². The van der Waals surface area contributed by atoms with Gasteiger partial charge in [0.1, 0.15) is 11.4 Å². The summed E-state index contributed by atoms with van der Waals surface area (Å²) in [7, 11) is 2.55. The molecule has 1 aliphatic heterocycles. The fourth-order valence-corrected chi connectivity index (χ4v) is 4.38. The van der Waals surface area contributed by atoms with E-state index >= 15 is 0 Å². The van der Waals surface area contributed by atoms with E-state index in [1.54, 1.807) is 29.2 Å². The Kier molecular flexibility index (Phi) is 18.3. The third-order valence-corrected chi connectivity index (χ3v) is 6.60. The van der Waals surface area contributed by atoms with E-state index in [-0.39, 0.29) is 60.5 Å². The van der Waals surface area contributed by atoms with Crippen LogP contribution in [-0.4, -0.2) is 136 Å². The van der Waals surface area contributed by atoms with Crippen LogP contribution in [0.25, 0.3) is 0 Å². The molecule has 0 aromatic carbocycles. The smallest absolute Gasteiger partial charge is 0.365 e. The normalized spacial score (nSPS) is 17.5. The van der Waals surface area contributed by atoms with Crippen LogP contribution < -0.4 is 0 Å². The largest absolute Gasteiger partial charge is 0.464 e. The topological polar surface area (TPSA) is 168 Å². The van der Waals surface area contributed by atoms with Gasteiger partial charge in [0.05, 0.1) is 78.5 Å². The number of ether oxygens (including phenoxy) is 6. The van der Waals surface area contributed by atoms with Gasteiger partial charge in [-0.1, -0.05) is 12.1 Å². The molecule has 253 valence electrons. The molecular formula is C29H40CuN4O11. The van der Waals surface area contributed by atoms with Crippen LogP contribution in [0.15, 0.2) is 36.4 Å². The van der Waals surface area contributed by atoms with Crippen molar-refractivity contribution in [2.75, 3.05) is 93.3 Å². The van der Waals surface area contributed by atoms with Gasteiger partial charge in [0.2, 0.25) is 0 Å². The average molecular weight is 684 g/mol. The summed E-state index contributed by atoms with van der Waals surface area (Å²) in [6.45, 7) is 4.83. The summed E-state index contributed by atoms with van der Waals surface area (Å²) in [4.78, 5) is 53.1. The van der Waals surface area contributed by atoms with Crippen molar-refractivity contribution in [3.63, 3.8) is 0 Å². The Hall–Kier alpha value is -3.05. The summed E-state index contributed by atoms with van der Waals surface area (Å²) in [6.07, 6.45) is 0. The van der Waals surface area contributed by atoms with Crippen molar-refractivity contribution < 1.29 is 70.0 Å². The van der Waals surface area contributed by atoms with Gasteiger partial charge < -0.3 is 28.4 Å². The molecule has 2 aromatic rings. The molecule has 1 radical (unpaired) electrons. The average Bonchev–Trinajstić information content (AvgIpc) is 3.05. The van der Waals surface area contributed by atoms with Crippen molar-refractivity contribution in [1.82, 2.24) is 19.8 Å². The van der Waals surface area contributed by atoms with Crippen LogP contribution in [-0.2, 0) is 61.7 Å². The van der Waals surface area contributed by atoms with E-state index in [0.29, 0.717) is 59.3 Å². The fraction of sp³-hybridized carbons (Fsp3) is 0.552. The molecule has 1 N–H and O–H groups in total. The Morgan fingerprint density at radius 2 is 1.24 bits per heavy atom. The fourth-order valence-electron chi connectivity index (χ4n) is 4.38. The predicted molar refractivity (Wildman–Crippen MR) is 153 cm³/mol. The molecule has 1 fully saturated rings. The summed E-state index contributed by atoms with van der Waals surface area (Å²) in [5.41, 5.74) is 1.17. The molecule has 3 heterocycles. The monoisotopic (exact) mass is 683 g/mol. The van der Waals surface area contributed by atoms with Gasteiger partial charge in [-0.15, -0.1) is 0 Å². The predicted octanol–water partition coefficient (Wildman–Crippen LogP) is 0.989. The zero-order valence-electron chi connectivity index (χ0n) is 25.4. The molecule has 0 spiro atoms. The zero-order chi connectivity index (χ0) is 31.6. The number of nitrogens with zero attached hydrogens (tertiary/aromatic N) is 4. The van der Waals surface area contributed by atoms with Crippen molar-refractivity contribution in [2.45, 2.75) is 12.6 Å². The molecule has 0 bridgehead atoms. The first-order valence-electron chi connectivity index (χ1n) is 14.2. The SMILES string of the molecule is COC(=O)c1cccc(CN2CCOCCOCCN(C(C(=O)OO)c3cccc(C(=O)OC)n3)CCOCCOCC2)n1.[Cu]. The second kappa shape index (κ2) is 21.6. The van der Waals surface area contributed by atoms with Crippen LogP contribution in [0.3, 0.4) is 0 Å². The number of rotatable bonds is 7. The Morgan fingerprint density at radius 1 is 0.756 bits per heavy atom. The van der Waals surface area contributed by atoms with Crippen molar-refractivity contribution in [2.24, 2.45) is 0 Å². The maximum Gasteiger partial charge on any atom is 0.365 e. The third-order valence-electron chi connectivity index (χ3n) is 6.60. The van der Waals surface area contributed by atoms with Crippen LogP contribution in [0.1, 0.15) is 38.4 Å². The zero-order valence-corrected chi connectivity index (χ0v) is 26.3. The van der Waals surface area contributed by atoms with E-state index in [1.807, 2.05) is 6.07 Å². The Morgan fingerprint density at radius 3 is 1.76 bits per heavy atom. The van der Waals surface area contributed by atoms with E-state index in [2.05, 4.69) is 19.8 Å². The van der Waals surface area contributed by atoms with Crippen LogP contribution >= 0.6 is 0 Å². The van der Waals surface area contributed by atoms with Crippen molar-refractivity contribution in [3.8, 4) is 0 Å². The first-order valence-corrected chi connectivity index (χ1v) is 14.2. The number of carbonyl (C=O) groups excluding carboxylic acids is 3. The van der Waals surface area contributed by atoms with Crippen LogP contribution in [0.4, 0.5) is 0 Å². The molecular weight excluding hydrogens is 644 g/mol. The minimum atomic E-state index is -1.14. The molecule has 1 saturated heterocycles. The van der Waals surface area contributed by atoms with E-state index in [4.69, 9.17) is 28.4 Å². The standard InChI is InChI=1S/C29H40N4O11.Cu/c1-38-27(34)24-7-3-5-22(30-24)21-32-9-13-40-17-19-42-15-11-33(12-16-43-20-18-41-14-10-32)26(29(36)44-37)23-6-4-8-25(31-23)28(35)39-2;/h3-8,26,37H,9-21H2,1-2H3;. The number of aromatic nitrogens is 2. The Bertz CT molecular complexity index is 1170. The Balaban J connectivity index is 0.00000705. The second-order valence-electron chi connectivity index (χ2n) is 9.52. The quantitative estimate of drug-likeness (QED) is 0.144. The number of carbonyl (C=O) groups is 3.